The van der Waals surface area contributed by atoms with Crippen LogP contribution >= 0.6 is 11.3 Å². The first-order chi connectivity index (χ1) is 9.56. The summed E-state index contributed by atoms with van der Waals surface area (Å²) < 4.78 is 1.82. The molecule has 0 amide bonds. The number of hydrogen-bond acceptors (Lipinski definition) is 5. The highest BCUT2D eigenvalue weighted by molar-refractivity contribution is 7.18. The summed E-state index contributed by atoms with van der Waals surface area (Å²) in [6.45, 7) is 5.06. The molecule has 104 valence electrons. The van der Waals surface area contributed by atoms with Crippen LogP contribution in [0.4, 0.5) is 5.82 Å². The summed E-state index contributed by atoms with van der Waals surface area (Å²) in [5, 5.41) is 5.37. The first kappa shape index (κ1) is 13.1. The average Bonchev–Trinajstić information content (AvgIpc) is 2.94. The van der Waals surface area contributed by atoms with Crippen LogP contribution in [0.5, 0.6) is 0 Å². The predicted octanol–water partition coefficient (Wildman–Crippen LogP) is 2.68. The van der Waals surface area contributed by atoms with Gasteiger partial charge in [0.1, 0.15) is 17.0 Å². The fourth-order valence-electron chi connectivity index (χ4n) is 2.36. The maximum atomic E-state index is 4.48. The summed E-state index contributed by atoms with van der Waals surface area (Å²) in [6.07, 6.45) is 5.56. The number of nitrogens with zero attached hydrogens (tertiary/aromatic N) is 5. The molecule has 0 saturated carbocycles. The lowest BCUT2D eigenvalue weighted by atomic mass is 10.2. The molecule has 0 fully saturated rings. The minimum Gasteiger partial charge on any atom is -0.355 e. The Morgan fingerprint density at radius 3 is 2.80 bits per heavy atom. The van der Waals surface area contributed by atoms with Crippen molar-refractivity contribution in [3.63, 3.8) is 0 Å². The first-order valence-electron chi connectivity index (χ1n) is 6.45. The molecule has 20 heavy (non-hydrogen) atoms. The second-order valence-corrected chi connectivity index (χ2v) is 6.24. The van der Waals surface area contributed by atoms with Gasteiger partial charge >= 0.3 is 0 Å². The van der Waals surface area contributed by atoms with Gasteiger partial charge in [-0.1, -0.05) is 0 Å². The van der Waals surface area contributed by atoms with Gasteiger partial charge in [-0.2, -0.15) is 5.10 Å². The molecule has 0 aromatic carbocycles. The van der Waals surface area contributed by atoms with Crippen LogP contribution in [-0.2, 0) is 13.6 Å². The highest BCUT2D eigenvalue weighted by atomic mass is 32.1. The van der Waals surface area contributed by atoms with E-state index in [9.17, 15) is 0 Å². The van der Waals surface area contributed by atoms with E-state index in [4.69, 9.17) is 0 Å². The van der Waals surface area contributed by atoms with E-state index in [0.29, 0.717) is 0 Å². The minimum atomic E-state index is 0.786. The van der Waals surface area contributed by atoms with Crippen LogP contribution in [0.25, 0.3) is 10.2 Å². The van der Waals surface area contributed by atoms with E-state index < -0.39 is 0 Å². The molecule has 0 N–H and O–H groups in total. The fraction of sp³-hybridized carbons (Fsp3) is 0.357. The van der Waals surface area contributed by atoms with Crippen molar-refractivity contribution in [2.24, 2.45) is 7.05 Å². The van der Waals surface area contributed by atoms with Gasteiger partial charge < -0.3 is 4.90 Å². The van der Waals surface area contributed by atoms with Gasteiger partial charge in [-0.05, 0) is 19.4 Å². The zero-order valence-corrected chi connectivity index (χ0v) is 12.9. The number of aryl methyl sites for hydroxylation is 3. The maximum Gasteiger partial charge on any atom is 0.141 e. The lowest BCUT2D eigenvalue weighted by molar-refractivity contribution is 0.766. The molecule has 0 spiro atoms. The van der Waals surface area contributed by atoms with Crippen molar-refractivity contribution in [1.82, 2.24) is 19.7 Å². The third-order valence-corrected chi connectivity index (χ3v) is 4.60. The van der Waals surface area contributed by atoms with Crippen molar-refractivity contribution in [2.45, 2.75) is 20.4 Å². The van der Waals surface area contributed by atoms with Gasteiger partial charge in [0.2, 0.25) is 0 Å². The SMILES string of the molecule is Cc1sc2ncnc(N(C)Cc3cnn(C)c3)c2c1C. The molecule has 3 aromatic rings. The molecule has 6 heteroatoms. The quantitative estimate of drug-likeness (QED) is 0.743. The van der Waals surface area contributed by atoms with Crippen molar-refractivity contribution in [3.8, 4) is 0 Å². The number of thiophene rings is 1. The molecule has 0 bridgehead atoms. The van der Waals surface area contributed by atoms with E-state index in [2.05, 4.69) is 40.9 Å². The van der Waals surface area contributed by atoms with Gasteiger partial charge in [0, 0.05) is 37.3 Å². The van der Waals surface area contributed by atoms with Crippen LogP contribution in [0.2, 0.25) is 0 Å². The monoisotopic (exact) mass is 287 g/mol. The van der Waals surface area contributed by atoms with E-state index in [-0.39, 0.29) is 0 Å². The summed E-state index contributed by atoms with van der Waals surface area (Å²) in [4.78, 5) is 13.4. The van der Waals surface area contributed by atoms with Gasteiger partial charge in [0.05, 0.1) is 11.6 Å². The van der Waals surface area contributed by atoms with Gasteiger partial charge in [0.15, 0.2) is 0 Å². The van der Waals surface area contributed by atoms with E-state index in [0.717, 1.165) is 17.2 Å². The number of aromatic nitrogens is 4. The average molecular weight is 287 g/mol. The van der Waals surface area contributed by atoms with Crippen molar-refractivity contribution >= 4 is 27.4 Å². The Bertz CT molecular complexity index is 758. The first-order valence-corrected chi connectivity index (χ1v) is 7.27. The molecule has 3 heterocycles. The summed E-state index contributed by atoms with van der Waals surface area (Å²) in [5.41, 5.74) is 2.45. The lowest BCUT2D eigenvalue weighted by Crippen LogP contribution is -2.17. The highest BCUT2D eigenvalue weighted by Crippen LogP contribution is 2.34. The van der Waals surface area contributed by atoms with Gasteiger partial charge in [-0.3, -0.25) is 4.68 Å². The molecular weight excluding hydrogens is 270 g/mol. The molecule has 3 rings (SSSR count). The molecule has 0 aliphatic heterocycles. The zero-order valence-electron chi connectivity index (χ0n) is 12.1. The molecule has 0 aliphatic rings. The maximum absolute atomic E-state index is 4.48. The van der Waals surface area contributed by atoms with Crippen molar-refractivity contribution in [3.05, 3.63) is 34.7 Å². The van der Waals surface area contributed by atoms with E-state index in [1.807, 2.05) is 24.1 Å². The molecule has 5 nitrogen and oxygen atoms in total. The van der Waals surface area contributed by atoms with Crippen molar-refractivity contribution in [1.29, 1.82) is 0 Å². The summed E-state index contributed by atoms with van der Waals surface area (Å²) in [6, 6.07) is 0. The Labute approximate surface area is 121 Å². The number of anilines is 1. The van der Waals surface area contributed by atoms with Crippen molar-refractivity contribution < 1.29 is 0 Å². The smallest absolute Gasteiger partial charge is 0.141 e. The topological polar surface area (TPSA) is 46.8 Å². The predicted molar refractivity (Wildman–Crippen MR) is 82.2 cm³/mol. The van der Waals surface area contributed by atoms with Crippen LogP contribution in [0.1, 0.15) is 16.0 Å². The number of hydrogen-bond donors (Lipinski definition) is 0. The van der Waals surface area contributed by atoms with Crippen LogP contribution in [-0.4, -0.2) is 26.8 Å². The highest BCUT2D eigenvalue weighted by Gasteiger charge is 2.15. The standard InChI is InChI=1S/C14H17N5S/c1-9-10(2)20-14-12(9)13(15-8-16-14)18(3)6-11-5-17-19(4)7-11/h5,7-8H,6H2,1-4H3. The fourth-order valence-corrected chi connectivity index (χ4v) is 3.35. The molecule has 0 aliphatic carbocycles. The Morgan fingerprint density at radius 2 is 2.10 bits per heavy atom. The van der Waals surface area contributed by atoms with E-state index in [1.165, 1.54) is 21.4 Å². The second kappa shape index (κ2) is 4.86. The van der Waals surface area contributed by atoms with Crippen LogP contribution < -0.4 is 4.90 Å². The van der Waals surface area contributed by atoms with E-state index in [1.54, 1.807) is 17.7 Å². The number of fused-ring (bicyclic) bond motifs is 1. The third kappa shape index (κ3) is 2.16. The van der Waals surface area contributed by atoms with E-state index >= 15 is 0 Å². The lowest BCUT2D eigenvalue weighted by Gasteiger charge is -2.18. The molecule has 3 aromatic heterocycles. The Kier molecular flexibility index (Phi) is 3.17. The second-order valence-electron chi connectivity index (χ2n) is 5.04. The summed E-state index contributed by atoms with van der Waals surface area (Å²) >= 11 is 1.73. The third-order valence-electron chi connectivity index (χ3n) is 3.49. The van der Waals surface area contributed by atoms with Gasteiger partial charge in [0.25, 0.3) is 0 Å². The van der Waals surface area contributed by atoms with Gasteiger partial charge in [-0.25, -0.2) is 9.97 Å². The van der Waals surface area contributed by atoms with Gasteiger partial charge in [-0.15, -0.1) is 11.3 Å². The summed E-state index contributed by atoms with van der Waals surface area (Å²) in [5.74, 6) is 0.987. The molecule has 0 unspecified atom stereocenters. The molecule has 0 atom stereocenters. The van der Waals surface area contributed by atoms with Crippen LogP contribution in [0, 0.1) is 13.8 Å². The summed E-state index contributed by atoms with van der Waals surface area (Å²) in [7, 11) is 3.99. The zero-order chi connectivity index (χ0) is 14.3. The Morgan fingerprint density at radius 1 is 1.30 bits per heavy atom. The molecule has 0 saturated heterocycles. The normalized spacial score (nSPS) is 11.2. The molecule has 0 radical (unpaired) electrons. The Hall–Kier alpha value is -1.95. The van der Waals surface area contributed by atoms with Crippen LogP contribution in [0.15, 0.2) is 18.7 Å². The molecular formula is C14H17N5S. The largest absolute Gasteiger partial charge is 0.355 e. The minimum absolute atomic E-state index is 0.786. The van der Waals surface area contributed by atoms with Crippen LogP contribution in [0.3, 0.4) is 0 Å². The van der Waals surface area contributed by atoms with Crippen molar-refractivity contribution in [2.75, 3.05) is 11.9 Å². The number of rotatable bonds is 3. The Balaban J connectivity index is 2.01.